The molecule has 1 aromatic carbocycles. The van der Waals surface area contributed by atoms with E-state index in [4.69, 9.17) is 9.47 Å². The van der Waals surface area contributed by atoms with Gasteiger partial charge in [0.15, 0.2) is 18.9 Å². The lowest BCUT2D eigenvalue weighted by molar-refractivity contribution is -0.688. The minimum Gasteiger partial charge on any atom is -1.00 e. The van der Waals surface area contributed by atoms with Crippen LogP contribution in [0.5, 0.6) is 5.75 Å². The third-order valence-corrected chi connectivity index (χ3v) is 4.17. The van der Waals surface area contributed by atoms with Gasteiger partial charge in [-0.05, 0) is 20.8 Å². The molecule has 2 aromatic rings. The van der Waals surface area contributed by atoms with Crippen molar-refractivity contribution >= 4 is 6.09 Å². The highest BCUT2D eigenvalue weighted by molar-refractivity contribution is 5.68. The van der Waals surface area contributed by atoms with E-state index in [0.717, 1.165) is 18.7 Å². The van der Waals surface area contributed by atoms with Crippen molar-refractivity contribution in [1.29, 1.82) is 0 Å². The highest BCUT2D eigenvalue weighted by Gasteiger charge is 2.30. The lowest BCUT2D eigenvalue weighted by Gasteiger charge is -2.24. The van der Waals surface area contributed by atoms with E-state index < -0.39 is 5.60 Å². The second-order valence-corrected chi connectivity index (χ2v) is 7.65. The van der Waals surface area contributed by atoms with Gasteiger partial charge in [0, 0.05) is 30.7 Å². The van der Waals surface area contributed by atoms with E-state index in [1.165, 1.54) is 5.56 Å². The maximum absolute atomic E-state index is 12.1. The molecule has 1 amide bonds. The van der Waals surface area contributed by atoms with E-state index in [1.807, 2.05) is 63.5 Å². The van der Waals surface area contributed by atoms with Gasteiger partial charge < -0.3 is 31.4 Å². The largest absolute Gasteiger partial charge is 1.00 e. The molecule has 0 unspecified atom stereocenters. The minimum absolute atomic E-state index is 0. The van der Waals surface area contributed by atoms with Crippen LogP contribution in [0.4, 0.5) is 4.79 Å². The second-order valence-electron chi connectivity index (χ2n) is 7.65. The summed E-state index contributed by atoms with van der Waals surface area (Å²) in [6, 6.07) is 14.3. The van der Waals surface area contributed by atoms with Crippen LogP contribution in [0.1, 0.15) is 32.8 Å². The number of pyridine rings is 1. The van der Waals surface area contributed by atoms with Crippen molar-refractivity contribution < 1.29 is 35.8 Å². The van der Waals surface area contributed by atoms with Crippen LogP contribution in [0.25, 0.3) is 0 Å². The smallest absolute Gasteiger partial charge is 0.410 e. The fourth-order valence-electron chi connectivity index (χ4n) is 2.93. The fraction of sp³-hybridized carbons (Fsp3) is 0.429. The van der Waals surface area contributed by atoms with Gasteiger partial charge in [-0.25, -0.2) is 9.36 Å². The Morgan fingerprint density at radius 2 is 1.81 bits per heavy atom. The quantitative estimate of drug-likeness (QED) is 0.654. The Labute approximate surface area is 171 Å². The number of hydrogen-bond acceptors (Lipinski definition) is 3. The maximum atomic E-state index is 12.1. The Bertz CT molecular complexity index is 729. The van der Waals surface area contributed by atoms with Gasteiger partial charge in [0.25, 0.3) is 0 Å². The molecule has 0 bridgehead atoms. The van der Waals surface area contributed by atoms with E-state index in [1.54, 1.807) is 4.90 Å². The molecule has 1 atom stereocenters. The first kappa shape index (κ1) is 21.2. The van der Waals surface area contributed by atoms with E-state index in [0.29, 0.717) is 13.1 Å². The van der Waals surface area contributed by atoms with E-state index in [-0.39, 0.29) is 29.2 Å². The zero-order valence-electron chi connectivity index (χ0n) is 16.1. The van der Waals surface area contributed by atoms with Crippen molar-refractivity contribution in [2.75, 3.05) is 13.1 Å². The van der Waals surface area contributed by atoms with Gasteiger partial charge in [-0.2, -0.15) is 0 Å². The number of rotatable bonds is 4. The molecule has 0 spiro atoms. The summed E-state index contributed by atoms with van der Waals surface area (Å²) in [7, 11) is 0. The molecule has 3 rings (SSSR count). The molecule has 146 valence electrons. The number of carbonyl (C=O) groups is 1. The van der Waals surface area contributed by atoms with Crippen LogP contribution in [0.3, 0.4) is 0 Å². The number of carbonyl (C=O) groups excluding carboxylic acids is 1. The number of amides is 1. The SMILES string of the molecule is CC(C)(C)OC(=O)N1CC[C@@H](Oc2cc[n+](Cc3ccccc3)cc2)C1.[Br-]. The molecule has 2 heterocycles. The summed E-state index contributed by atoms with van der Waals surface area (Å²) in [6.07, 6.45) is 4.59. The number of likely N-dealkylation sites (tertiary alicyclic amines) is 1. The van der Waals surface area contributed by atoms with Gasteiger partial charge in [0.1, 0.15) is 17.5 Å². The first-order valence-corrected chi connectivity index (χ1v) is 9.07. The Morgan fingerprint density at radius 3 is 2.44 bits per heavy atom. The lowest BCUT2D eigenvalue weighted by Crippen LogP contribution is -3.00. The van der Waals surface area contributed by atoms with Gasteiger partial charge in [0.05, 0.1) is 6.54 Å². The third kappa shape index (κ3) is 6.54. The summed E-state index contributed by atoms with van der Waals surface area (Å²) >= 11 is 0. The molecule has 0 radical (unpaired) electrons. The van der Waals surface area contributed by atoms with Gasteiger partial charge in [-0.1, -0.05) is 30.3 Å². The van der Waals surface area contributed by atoms with E-state index in [2.05, 4.69) is 16.7 Å². The summed E-state index contributed by atoms with van der Waals surface area (Å²) in [5, 5.41) is 0. The number of hydrogen-bond donors (Lipinski definition) is 0. The monoisotopic (exact) mass is 434 g/mol. The Balaban J connectivity index is 0.00000261. The summed E-state index contributed by atoms with van der Waals surface area (Å²) in [5.41, 5.74) is 0.789. The van der Waals surface area contributed by atoms with Crippen LogP contribution in [0.15, 0.2) is 54.9 Å². The zero-order valence-corrected chi connectivity index (χ0v) is 17.7. The van der Waals surface area contributed by atoms with Crippen LogP contribution in [0.2, 0.25) is 0 Å². The van der Waals surface area contributed by atoms with Crippen LogP contribution >= 0.6 is 0 Å². The first-order valence-electron chi connectivity index (χ1n) is 9.07. The molecular formula is C21H27BrN2O3. The molecule has 1 fully saturated rings. The summed E-state index contributed by atoms with van der Waals surface area (Å²) in [6.45, 7) is 7.70. The van der Waals surface area contributed by atoms with Crippen LogP contribution < -0.4 is 26.3 Å². The Kier molecular flexibility index (Phi) is 7.25. The fourth-order valence-corrected chi connectivity index (χ4v) is 2.93. The molecule has 27 heavy (non-hydrogen) atoms. The Morgan fingerprint density at radius 1 is 1.15 bits per heavy atom. The van der Waals surface area contributed by atoms with Gasteiger partial charge in [-0.15, -0.1) is 0 Å². The number of nitrogens with zero attached hydrogens (tertiary/aromatic N) is 2. The van der Waals surface area contributed by atoms with Gasteiger partial charge >= 0.3 is 6.09 Å². The number of benzene rings is 1. The van der Waals surface area contributed by atoms with Crippen molar-refractivity contribution in [1.82, 2.24) is 4.90 Å². The second kappa shape index (κ2) is 9.22. The predicted molar refractivity (Wildman–Crippen MR) is 99.0 cm³/mol. The number of ether oxygens (including phenoxy) is 2. The molecular weight excluding hydrogens is 408 g/mol. The minimum atomic E-state index is -0.470. The summed E-state index contributed by atoms with van der Waals surface area (Å²) in [4.78, 5) is 13.8. The van der Waals surface area contributed by atoms with Crippen LogP contribution in [-0.4, -0.2) is 35.8 Å². The topological polar surface area (TPSA) is 42.6 Å². The summed E-state index contributed by atoms with van der Waals surface area (Å²) in [5.74, 6) is 0.824. The highest BCUT2D eigenvalue weighted by atomic mass is 79.9. The van der Waals surface area contributed by atoms with Crippen LogP contribution in [0, 0.1) is 0 Å². The average molecular weight is 435 g/mol. The summed E-state index contributed by atoms with van der Waals surface area (Å²) < 4.78 is 13.6. The number of halogens is 1. The standard InChI is InChI=1S/C21H27N2O3.BrH/c1-21(2,3)26-20(24)23-14-11-19(16-23)25-18-9-12-22(13-10-18)15-17-7-5-4-6-8-17;/h4-10,12-13,19H,11,14-16H2,1-3H3;1H/q+1;/p-1/t19-;/m1./s1. The molecule has 5 nitrogen and oxygen atoms in total. The van der Waals surface area contributed by atoms with E-state index >= 15 is 0 Å². The highest BCUT2D eigenvalue weighted by Crippen LogP contribution is 2.19. The first-order chi connectivity index (χ1) is 12.4. The van der Waals surface area contributed by atoms with E-state index in [9.17, 15) is 4.79 Å². The average Bonchev–Trinajstić information content (AvgIpc) is 3.05. The third-order valence-electron chi connectivity index (χ3n) is 4.17. The maximum Gasteiger partial charge on any atom is 0.410 e. The molecule has 0 saturated carbocycles. The van der Waals surface area contributed by atoms with Crippen molar-refractivity contribution in [3.63, 3.8) is 0 Å². The van der Waals surface area contributed by atoms with Gasteiger partial charge in [-0.3, -0.25) is 0 Å². The molecule has 6 heteroatoms. The lowest BCUT2D eigenvalue weighted by atomic mass is 10.2. The van der Waals surface area contributed by atoms with Crippen molar-refractivity contribution in [3.05, 3.63) is 60.4 Å². The van der Waals surface area contributed by atoms with Crippen molar-refractivity contribution in [2.45, 2.75) is 45.4 Å². The zero-order chi connectivity index (χ0) is 18.6. The molecule has 1 aromatic heterocycles. The number of aromatic nitrogens is 1. The molecule has 0 aliphatic carbocycles. The normalized spacial score (nSPS) is 16.6. The molecule has 0 N–H and O–H groups in total. The molecule has 1 saturated heterocycles. The van der Waals surface area contributed by atoms with Crippen molar-refractivity contribution in [3.8, 4) is 5.75 Å². The van der Waals surface area contributed by atoms with Gasteiger partial charge in [0.2, 0.25) is 0 Å². The van der Waals surface area contributed by atoms with Crippen molar-refractivity contribution in [2.24, 2.45) is 0 Å². The Hall–Kier alpha value is -2.08. The predicted octanol–water partition coefficient (Wildman–Crippen LogP) is 0.415. The van der Waals surface area contributed by atoms with Crippen LogP contribution in [-0.2, 0) is 11.3 Å². The molecule has 1 aliphatic rings. The molecule has 1 aliphatic heterocycles.